The zero-order valence-electron chi connectivity index (χ0n) is 23.7. The lowest BCUT2D eigenvalue weighted by atomic mass is 10.0. The molecule has 0 radical (unpaired) electrons. The van der Waals surface area contributed by atoms with E-state index in [0.717, 1.165) is 33.7 Å². The summed E-state index contributed by atoms with van der Waals surface area (Å²) in [6, 6.07) is 21.0. The molecule has 0 aromatic heterocycles. The maximum atomic E-state index is 14.2. The zero-order chi connectivity index (χ0) is 29.4. The van der Waals surface area contributed by atoms with E-state index < -0.39 is 28.5 Å². The fraction of sp³-hybridized carbons (Fsp3) is 0.355. The van der Waals surface area contributed by atoms with E-state index in [2.05, 4.69) is 5.32 Å². The molecule has 0 bridgehead atoms. The topological polar surface area (TPSA) is 86.8 Å². The van der Waals surface area contributed by atoms with E-state index in [-0.39, 0.29) is 24.9 Å². The summed E-state index contributed by atoms with van der Waals surface area (Å²) in [5.74, 6) is -0.815. The number of hydrogen-bond donors (Lipinski definition) is 1. The van der Waals surface area contributed by atoms with Gasteiger partial charge in [-0.2, -0.15) is 0 Å². The number of nitrogens with zero attached hydrogens (tertiary/aromatic N) is 2. The van der Waals surface area contributed by atoms with Crippen molar-refractivity contribution in [3.05, 3.63) is 100 Å². The lowest BCUT2D eigenvalue weighted by molar-refractivity contribution is -0.140. The third kappa shape index (κ3) is 8.08. The molecule has 9 heteroatoms. The van der Waals surface area contributed by atoms with E-state index in [1.165, 1.54) is 4.90 Å². The second kappa shape index (κ2) is 13.8. The minimum absolute atomic E-state index is 0.0360. The van der Waals surface area contributed by atoms with Crippen molar-refractivity contribution in [1.29, 1.82) is 0 Å². The number of carbonyl (C=O) groups excluding carboxylic acids is 2. The molecule has 0 aliphatic carbocycles. The van der Waals surface area contributed by atoms with Crippen LogP contribution in [0.5, 0.6) is 0 Å². The van der Waals surface area contributed by atoms with E-state index >= 15 is 0 Å². The maximum absolute atomic E-state index is 14.2. The fourth-order valence-corrected chi connectivity index (χ4v) is 5.74. The Bertz CT molecular complexity index is 1410. The van der Waals surface area contributed by atoms with Crippen LogP contribution in [0.1, 0.15) is 42.5 Å². The van der Waals surface area contributed by atoms with Gasteiger partial charge in [0.2, 0.25) is 21.8 Å². The highest BCUT2D eigenvalue weighted by atomic mass is 35.5. The third-order valence-corrected chi connectivity index (χ3v) is 8.42. The molecule has 214 valence electrons. The summed E-state index contributed by atoms with van der Waals surface area (Å²) in [5, 5.41) is 3.48. The lowest BCUT2D eigenvalue weighted by Gasteiger charge is -2.34. The second-order valence-corrected chi connectivity index (χ2v) is 12.5. The van der Waals surface area contributed by atoms with Crippen LogP contribution in [0.15, 0.2) is 72.8 Å². The fourth-order valence-electron chi connectivity index (χ4n) is 4.58. The SMILES string of the molecule is CCC(C)NC(=O)C(Cc1ccccc1)N(Cc1ccccc1Cl)C(=O)CN(c1c(C)cccc1C)S(C)(=O)=O. The maximum Gasteiger partial charge on any atom is 0.244 e. The number of amides is 2. The van der Waals surface area contributed by atoms with Gasteiger partial charge >= 0.3 is 0 Å². The van der Waals surface area contributed by atoms with Crippen LogP contribution < -0.4 is 9.62 Å². The minimum atomic E-state index is -3.84. The van der Waals surface area contributed by atoms with Gasteiger partial charge in [-0.25, -0.2) is 8.42 Å². The van der Waals surface area contributed by atoms with Crippen molar-refractivity contribution < 1.29 is 18.0 Å². The smallest absolute Gasteiger partial charge is 0.244 e. The van der Waals surface area contributed by atoms with Crippen molar-refractivity contribution in [1.82, 2.24) is 10.2 Å². The molecular weight excluding hydrogens is 546 g/mol. The Kier molecular flexibility index (Phi) is 10.8. The molecule has 0 heterocycles. The van der Waals surface area contributed by atoms with Crippen LogP contribution in [0, 0.1) is 13.8 Å². The Balaban J connectivity index is 2.11. The van der Waals surface area contributed by atoms with Gasteiger partial charge in [-0.15, -0.1) is 0 Å². The first-order chi connectivity index (χ1) is 18.9. The molecule has 3 rings (SSSR count). The number of aryl methyl sites for hydroxylation is 2. The van der Waals surface area contributed by atoms with Gasteiger partial charge in [-0.3, -0.25) is 13.9 Å². The van der Waals surface area contributed by atoms with Crippen molar-refractivity contribution in [3.8, 4) is 0 Å². The van der Waals surface area contributed by atoms with Crippen LogP contribution in [-0.4, -0.2) is 50.0 Å². The summed E-state index contributed by atoms with van der Waals surface area (Å²) >= 11 is 6.50. The Morgan fingerprint density at radius 1 is 0.925 bits per heavy atom. The summed E-state index contributed by atoms with van der Waals surface area (Å²) in [6.07, 6.45) is 2.06. The Labute approximate surface area is 243 Å². The highest BCUT2D eigenvalue weighted by Crippen LogP contribution is 2.28. The monoisotopic (exact) mass is 583 g/mol. The first kappa shape index (κ1) is 31.2. The predicted octanol–water partition coefficient (Wildman–Crippen LogP) is 5.28. The molecule has 2 atom stereocenters. The number of carbonyl (C=O) groups is 2. The van der Waals surface area contributed by atoms with E-state index in [1.807, 2.05) is 82.3 Å². The van der Waals surface area contributed by atoms with Crippen LogP contribution in [0.25, 0.3) is 0 Å². The largest absolute Gasteiger partial charge is 0.352 e. The average molecular weight is 584 g/mol. The minimum Gasteiger partial charge on any atom is -0.352 e. The van der Waals surface area contributed by atoms with Crippen molar-refractivity contribution in [2.45, 2.75) is 59.2 Å². The molecule has 3 aromatic rings. The number of anilines is 1. The van der Waals surface area contributed by atoms with E-state index in [1.54, 1.807) is 18.2 Å². The van der Waals surface area contributed by atoms with Gasteiger partial charge in [0, 0.05) is 24.0 Å². The van der Waals surface area contributed by atoms with Crippen LogP contribution in [-0.2, 0) is 32.6 Å². The molecular formula is C31H38ClN3O4S. The Morgan fingerprint density at radius 2 is 1.52 bits per heavy atom. The molecule has 2 amide bonds. The molecule has 0 saturated heterocycles. The first-order valence-electron chi connectivity index (χ1n) is 13.3. The Morgan fingerprint density at radius 3 is 2.10 bits per heavy atom. The van der Waals surface area contributed by atoms with Gasteiger partial charge in [0.25, 0.3) is 0 Å². The van der Waals surface area contributed by atoms with Gasteiger partial charge in [-0.05, 0) is 55.5 Å². The summed E-state index contributed by atoms with van der Waals surface area (Å²) < 4.78 is 27.2. The highest BCUT2D eigenvalue weighted by Gasteiger charge is 2.34. The highest BCUT2D eigenvalue weighted by molar-refractivity contribution is 7.92. The van der Waals surface area contributed by atoms with E-state index in [4.69, 9.17) is 11.6 Å². The molecule has 0 aliphatic rings. The quantitative estimate of drug-likeness (QED) is 0.314. The summed E-state index contributed by atoms with van der Waals surface area (Å²) in [4.78, 5) is 29.4. The van der Waals surface area contributed by atoms with Gasteiger partial charge in [0.15, 0.2) is 0 Å². The van der Waals surface area contributed by atoms with Crippen molar-refractivity contribution in [2.24, 2.45) is 0 Å². The number of benzene rings is 3. The summed E-state index contributed by atoms with van der Waals surface area (Å²) in [7, 11) is -3.84. The van der Waals surface area contributed by atoms with Gasteiger partial charge in [-0.1, -0.05) is 85.3 Å². The summed E-state index contributed by atoms with van der Waals surface area (Å²) in [6.45, 7) is 7.07. The number of rotatable bonds is 12. The van der Waals surface area contributed by atoms with Crippen LogP contribution in [0.4, 0.5) is 5.69 Å². The standard InChI is InChI=1S/C31H38ClN3O4S/c1-6-24(4)33-31(37)28(19-25-15-8-7-9-16-25)34(20-26-17-10-11-18-27(26)32)29(36)21-35(40(5,38)39)30-22(2)13-12-14-23(30)3/h7-18,24,28H,6,19-21H2,1-5H3,(H,33,37). The van der Waals surface area contributed by atoms with Crippen LogP contribution in [0.3, 0.4) is 0 Å². The van der Waals surface area contributed by atoms with Crippen molar-refractivity contribution >= 4 is 39.1 Å². The molecule has 0 saturated carbocycles. The molecule has 1 N–H and O–H groups in total. The van der Waals surface area contributed by atoms with Crippen LogP contribution in [0.2, 0.25) is 5.02 Å². The molecule has 0 spiro atoms. The number of hydrogen-bond acceptors (Lipinski definition) is 4. The first-order valence-corrected chi connectivity index (χ1v) is 15.6. The average Bonchev–Trinajstić information content (AvgIpc) is 2.90. The Hall–Kier alpha value is -3.36. The normalized spacial score (nSPS) is 12.8. The second-order valence-electron chi connectivity index (χ2n) is 10.1. The van der Waals surface area contributed by atoms with Crippen molar-refractivity contribution in [2.75, 3.05) is 17.1 Å². The molecule has 0 aliphatic heterocycles. The van der Waals surface area contributed by atoms with Crippen LogP contribution >= 0.6 is 11.6 Å². The zero-order valence-corrected chi connectivity index (χ0v) is 25.3. The van der Waals surface area contributed by atoms with Gasteiger partial charge in [0.1, 0.15) is 12.6 Å². The molecule has 7 nitrogen and oxygen atoms in total. The predicted molar refractivity (Wildman–Crippen MR) is 162 cm³/mol. The molecule has 40 heavy (non-hydrogen) atoms. The van der Waals surface area contributed by atoms with E-state index in [0.29, 0.717) is 16.3 Å². The van der Waals surface area contributed by atoms with E-state index in [9.17, 15) is 18.0 Å². The van der Waals surface area contributed by atoms with Gasteiger partial charge < -0.3 is 10.2 Å². The number of para-hydroxylation sites is 1. The summed E-state index contributed by atoms with van der Waals surface area (Å²) in [5.41, 5.74) is 3.44. The lowest BCUT2D eigenvalue weighted by Crippen LogP contribution is -2.54. The van der Waals surface area contributed by atoms with Crippen molar-refractivity contribution in [3.63, 3.8) is 0 Å². The van der Waals surface area contributed by atoms with Gasteiger partial charge in [0.05, 0.1) is 11.9 Å². The molecule has 2 unspecified atom stereocenters. The molecule has 3 aromatic carbocycles. The molecule has 0 fully saturated rings. The number of nitrogens with one attached hydrogen (secondary N) is 1. The number of halogens is 1. The third-order valence-electron chi connectivity index (χ3n) is 6.94. The number of sulfonamides is 1.